The molecule has 2 saturated heterocycles. The third-order valence-electron chi connectivity index (χ3n) is 5.06. The summed E-state index contributed by atoms with van der Waals surface area (Å²) in [6.45, 7) is 0. The largest absolute Gasteiger partial charge is 0.481 e. The number of ether oxygens (including phenoxy) is 1. The van der Waals surface area contributed by atoms with Crippen molar-refractivity contribution < 1.29 is 13.9 Å². The Bertz CT molecular complexity index is 760. The number of nitrogens with zero attached hydrogens (tertiary/aromatic N) is 3. The van der Waals surface area contributed by atoms with Gasteiger partial charge in [-0.2, -0.15) is 5.10 Å². The lowest BCUT2D eigenvalue weighted by molar-refractivity contribution is 0.0589. The van der Waals surface area contributed by atoms with E-state index in [1.807, 2.05) is 4.90 Å². The highest BCUT2D eigenvalue weighted by atomic mass is 19.1. The van der Waals surface area contributed by atoms with E-state index in [1.165, 1.54) is 19.6 Å². The second-order valence-electron chi connectivity index (χ2n) is 6.40. The lowest BCUT2D eigenvalue weighted by Crippen LogP contribution is -2.44. The molecule has 0 aliphatic carbocycles. The number of piperidine rings is 1. The number of hydrogen-bond donors (Lipinski definition) is 1. The summed E-state index contributed by atoms with van der Waals surface area (Å²) in [5, 5.41) is 6.88. The number of aromatic amines is 1. The Labute approximate surface area is 139 Å². The number of carbonyl (C=O) groups is 1. The summed E-state index contributed by atoms with van der Waals surface area (Å²) in [5.41, 5.74) is 1.06. The Hall–Kier alpha value is -2.44. The Morgan fingerprint density at radius 3 is 2.75 bits per heavy atom. The van der Waals surface area contributed by atoms with Gasteiger partial charge in [0.15, 0.2) is 11.5 Å². The van der Waals surface area contributed by atoms with Gasteiger partial charge in [-0.15, -0.1) is 0 Å². The van der Waals surface area contributed by atoms with E-state index in [-0.39, 0.29) is 11.5 Å². The van der Waals surface area contributed by atoms with E-state index >= 15 is 0 Å². The summed E-state index contributed by atoms with van der Waals surface area (Å²) in [7, 11) is 1.47. The number of fused-ring (bicyclic) bond motifs is 2. The van der Waals surface area contributed by atoms with Crippen LogP contribution in [-0.2, 0) is 0 Å². The van der Waals surface area contributed by atoms with Gasteiger partial charge in [0, 0.05) is 23.7 Å². The second kappa shape index (κ2) is 5.89. The quantitative estimate of drug-likeness (QED) is 0.939. The van der Waals surface area contributed by atoms with Crippen molar-refractivity contribution in [1.29, 1.82) is 0 Å². The van der Waals surface area contributed by atoms with Crippen LogP contribution in [0.4, 0.5) is 4.39 Å². The van der Waals surface area contributed by atoms with Crippen LogP contribution in [0.25, 0.3) is 11.3 Å². The molecular formula is C17H19FN4O2. The first-order valence-corrected chi connectivity index (χ1v) is 8.25. The zero-order valence-electron chi connectivity index (χ0n) is 13.5. The van der Waals surface area contributed by atoms with E-state index in [9.17, 15) is 9.18 Å². The van der Waals surface area contributed by atoms with Gasteiger partial charge in [-0.25, -0.2) is 9.37 Å². The molecule has 0 saturated carbocycles. The average Bonchev–Trinajstić information content (AvgIpc) is 3.18. The van der Waals surface area contributed by atoms with Gasteiger partial charge in [0.05, 0.1) is 19.0 Å². The van der Waals surface area contributed by atoms with Crippen molar-refractivity contribution in [3.05, 3.63) is 29.8 Å². The Balaban J connectivity index is 1.62. The second-order valence-corrected chi connectivity index (χ2v) is 6.40. The van der Waals surface area contributed by atoms with Crippen LogP contribution in [0, 0.1) is 5.82 Å². The molecule has 2 aromatic rings. The summed E-state index contributed by atoms with van der Waals surface area (Å²) in [6, 6.07) is 3.75. The van der Waals surface area contributed by atoms with Crippen molar-refractivity contribution in [2.24, 2.45) is 0 Å². The number of pyridine rings is 1. The summed E-state index contributed by atoms with van der Waals surface area (Å²) in [6.07, 6.45) is 6.56. The van der Waals surface area contributed by atoms with Crippen LogP contribution < -0.4 is 4.74 Å². The first-order chi connectivity index (χ1) is 11.7. The first-order valence-electron chi connectivity index (χ1n) is 8.25. The van der Waals surface area contributed by atoms with Crippen molar-refractivity contribution in [2.45, 2.75) is 44.2 Å². The molecule has 1 N–H and O–H groups in total. The molecule has 126 valence electrons. The topological polar surface area (TPSA) is 71.1 Å². The third-order valence-corrected chi connectivity index (χ3v) is 5.06. The number of H-pyrrole nitrogens is 1. The zero-order valence-corrected chi connectivity index (χ0v) is 13.5. The van der Waals surface area contributed by atoms with Gasteiger partial charge in [-0.1, -0.05) is 0 Å². The smallest absolute Gasteiger partial charge is 0.274 e. The fourth-order valence-electron chi connectivity index (χ4n) is 3.89. The van der Waals surface area contributed by atoms with Gasteiger partial charge >= 0.3 is 0 Å². The van der Waals surface area contributed by atoms with E-state index < -0.39 is 5.82 Å². The molecule has 4 heterocycles. The average molecular weight is 330 g/mol. The van der Waals surface area contributed by atoms with Crippen LogP contribution in [-0.4, -0.2) is 45.2 Å². The predicted molar refractivity (Wildman–Crippen MR) is 85.2 cm³/mol. The highest BCUT2D eigenvalue weighted by Gasteiger charge is 2.40. The summed E-state index contributed by atoms with van der Waals surface area (Å²) >= 11 is 0. The normalized spacial score (nSPS) is 22.7. The summed E-state index contributed by atoms with van der Waals surface area (Å²) in [4.78, 5) is 18.6. The molecule has 7 heteroatoms. The van der Waals surface area contributed by atoms with Gasteiger partial charge in [-0.3, -0.25) is 9.89 Å². The molecule has 1 unspecified atom stereocenters. The van der Waals surface area contributed by atoms with Crippen LogP contribution in [0.15, 0.2) is 18.3 Å². The summed E-state index contributed by atoms with van der Waals surface area (Å²) in [5.74, 6) is -0.245. The number of rotatable bonds is 3. The number of nitrogens with one attached hydrogen (secondary N) is 1. The van der Waals surface area contributed by atoms with E-state index in [1.54, 1.807) is 6.07 Å². The predicted octanol–water partition coefficient (Wildman–Crippen LogP) is 2.78. The van der Waals surface area contributed by atoms with Crippen molar-refractivity contribution in [1.82, 2.24) is 20.1 Å². The molecule has 0 aromatic carbocycles. The molecule has 0 radical (unpaired) electrons. The van der Waals surface area contributed by atoms with Gasteiger partial charge in [0.1, 0.15) is 0 Å². The molecule has 4 rings (SSSR count). The minimum Gasteiger partial charge on any atom is -0.481 e. The van der Waals surface area contributed by atoms with Crippen LogP contribution in [0.2, 0.25) is 0 Å². The van der Waals surface area contributed by atoms with Crippen molar-refractivity contribution in [3.8, 4) is 17.1 Å². The van der Waals surface area contributed by atoms with Crippen molar-refractivity contribution in [2.75, 3.05) is 7.11 Å². The van der Waals surface area contributed by atoms with Gasteiger partial charge in [-0.05, 0) is 38.2 Å². The third kappa shape index (κ3) is 2.44. The van der Waals surface area contributed by atoms with E-state index in [4.69, 9.17) is 4.74 Å². The number of aromatic nitrogens is 3. The van der Waals surface area contributed by atoms with Gasteiger partial charge in [0.25, 0.3) is 5.91 Å². The number of methoxy groups -OCH3 is 1. The van der Waals surface area contributed by atoms with Crippen LogP contribution >= 0.6 is 0 Å². The van der Waals surface area contributed by atoms with Crippen molar-refractivity contribution >= 4 is 5.91 Å². The number of halogens is 1. The maximum absolute atomic E-state index is 14.0. The van der Waals surface area contributed by atoms with Crippen molar-refractivity contribution in [3.63, 3.8) is 0 Å². The van der Waals surface area contributed by atoms with Gasteiger partial charge < -0.3 is 9.64 Å². The number of amides is 1. The van der Waals surface area contributed by atoms with Crippen LogP contribution in [0.3, 0.4) is 0 Å². The molecule has 0 spiro atoms. The number of hydrogen-bond acceptors (Lipinski definition) is 4. The fraction of sp³-hybridized carbons (Fsp3) is 0.471. The minimum absolute atomic E-state index is 0.0638. The molecule has 2 bridgehead atoms. The first kappa shape index (κ1) is 15.1. The molecule has 1 amide bonds. The molecule has 2 aromatic heterocycles. The molecule has 2 aliphatic heterocycles. The van der Waals surface area contributed by atoms with E-state index in [0.717, 1.165) is 31.9 Å². The van der Waals surface area contributed by atoms with E-state index in [2.05, 4.69) is 15.2 Å². The van der Waals surface area contributed by atoms with Crippen LogP contribution in [0.1, 0.15) is 42.6 Å². The Kier molecular flexibility index (Phi) is 3.70. The molecule has 2 fully saturated rings. The Morgan fingerprint density at radius 1 is 1.29 bits per heavy atom. The molecule has 2 atom stereocenters. The standard InChI is InChI=1S/C17H19FN4O2/c1-24-16-7-12(13(18)9-19-16)14-8-15(21-20-14)17(23)22-10-3-2-4-11(22)6-5-10/h7-11H,2-6H2,1H3,(H,20,21)/t10-,11?/m0/s1. The SMILES string of the molecule is COc1cc(-c2cc(C(=O)N3C4CCC[C@H]3CC4)n[nH]2)c(F)cn1. The molecule has 24 heavy (non-hydrogen) atoms. The molecule has 6 nitrogen and oxygen atoms in total. The lowest BCUT2D eigenvalue weighted by atomic mass is 10.0. The summed E-state index contributed by atoms with van der Waals surface area (Å²) < 4.78 is 19.1. The van der Waals surface area contributed by atoms with Gasteiger partial charge in [0.2, 0.25) is 5.88 Å². The minimum atomic E-state index is -0.489. The highest BCUT2D eigenvalue weighted by molar-refractivity contribution is 5.94. The maximum atomic E-state index is 14.0. The molecular weight excluding hydrogens is 311 g/mol. The van der Waals surface area contributed by atoms with Crippen LogP contribution in [0.5, 0.6) is 5.88 Å². The fourth-order valence-corrected chi connectivity index (χ4v) is 3.89. The zero-order chi connectivity index (χ0) is 16.7. The number of carbonyl (C=O) groups excluding carboxylic acids is 1. The molecule has 2 aliphatic rings. The lowest BCUT2D eigenvalue weighted by Gasteiger charge is -2.34. The monoisotopic (exact) mass is 330 g/mol. The maximum Gasteiger partial charge on any atom is 0.274 e. The Morgan fingerprint density at radius 2 is 2.04 bits per heavy atom. The highest BCUT2D eigenvalue weighted by Crippen LogP contribution is 2.36. The van der Waals surface area contributed by atoms with E-state index in [0.29, 0.717) is 29.4 Å².